The van der Waals surface area contributed by atoms with E-state index < -0.39 is 11.6 Å². The van der Waals surface area contributed by atoms with Crippen LogP contribution in [0.4, 0.5) is 0 Å². The summed E-state index contributed by atoms with van der Waals surface area (Å²) >= 11 is 18.7. The zero-order chi connectivity index (χ0) is 26.3. The van der Waals surface area contributed by atoms with Crippen molar-refractivity contribution in [1.29, 1.82) is 0 Å². The van der Waals surface area contributed by atoms with Gasteiger partial charge in [0.1, 0.15) is 11.8 Å². The average molecular weight is 548 g/mol. The number of halogens is 3. The van der Waals surface area contributed by atoms with Crippen LogP contribution in [0, 0.1) is 0 Å². The molecule has 5 nitrogen and oxygen atoms in total. The van der Waals surface area contributed by atoms with Crippen molar-refractivity contribution in [2.24, 2.45) is 0 Å². The van der Waals surface area contributed by atoms with Gasteiger partial charge in [-0.1, -0.05) is 83.3 Å². The Morgan fingerprint density at radius 2 is 1.58 bits per heavy atom. The second-order valence-electron chi connectivity index (χ2n) is 9.42. The molecule has 36 heavy (non-hydrogen) atoms. The van der Waals surface area contributed by atoms with Crippen molar-refractivity contribution in [3.8, 4) is 5.75 Å². The minimum Gasteiger partial charge on any atom is -0.482 e. The number of amides is 2. The molecule has 0 spiro atoms. The standard InChI is InChI=1S/C28H29Cl3N2O3/c1-28(2,3)32-27(35)24(15-19-9-5-4-6-10-19)33(17-20-13-14-21(29)16-23(20)31)26(34)18-36-25-12-8-7-11-22(25)30/h4-14,16,24H,15,17-18H2,1-3H3,(H,32,35)/t24-/m1/s1. The van der Waals surface area contributed by atoms with E-state index in [0.717, 1.165) is 5.56 Å². The first-order valence-corrected chi connectivity index (χ1v) is 12.6. The van der Waals surface area contributed by atoms with E-state index in [-0.39, 0.29) is 25.0 Å². The monoisotopic (exact) mass is 546 g/mol. The van der Waals surface area contributed by atoms with Crippen LogP contribution in [0.15, 0.2) is 72.8 Å². The molecule has 0 unspecified atom stereocenters. The molecular formula is C28H29Cl3N2O3. The smallest absolute Gasteiger partial charge is 0.261 e. The summed E-state index contributed by atoms with van der Waals surface area (Å²) in [6, 6.07) is 20.7. The fraction of sp³-hybridized carbons (Fsp3) is 0.286. The Morgan fingerprint density at radius 1 is 0.917 bits per heavy atom. The van der Waals surface area contributed by atoms with E-state index in [2.05, 4.69) is 5.32 Å². The van der Waals surface area contributed by atoms with E-state index in [1.54, 1.807) is 42.5 Å². The Bertz CT molecular complexity index is 1200. The number of nitrogens with zero attached hydrogens (tertiary/aromatic N) is 1. The van der Waals surface area contributed by atoms with Crippen molar-refractivity contribution in [3.05, 3.63) is 99.0 Å². The summed E-state index contributed by atoms with van der Waals surface area (Å²) in [5.74, 6) is -0.274. The highest BCUT2D eigenvalue weighted by Crippen LogP contribution is 2.26. The molecule has 0 bridgehead atoms. The van der Waals surface area contributed by atoms with Gasteiger partial charge in [-0.05, 0) is 56.2 Å². The number of para-hydroxylation sites is 1. The number of rotatable bonds is 9. The summed E-state index contributed by atoms with van der Waals surface area (Å²) in [4.78, 5) is 28.7. The number of carbonyl (C=O) groups excluding carboxylic acids is 2. The number of carbonyl (C=O) groups is 2. The van der Waals surface area contributed by atoms with Crippen LogP contribution in [-0.2, 0) is 22.6 Å². The highest BCUT2D eigenvalue weighted by atomic mass is 35.5. The Balaban J connectivity index is 1.97. The van der Waals surface area contributed by atoms with Gasteiger partial charge in [0.15, 0.2) is 6.61 Å². The lowest BCUT2D eigenvalue weighted by molar-refractivity contribution is -0.143. The number of ether oxygens (including phenoxy) is 1. The molecule has 8 heteroatoms. The van der Waals surface area contributed by atoms with E-state index in [1.165, 1.54) is 4.90 Å². The van der Waals surface area contributed by atoms with Crippen LogP contribution < -0.4 is 10.1 Å². The molecule has 3 aromatic carbocycles. The van der Waals surface area contributed by atoms with Crippen LogP contribution in [0.1, 0.15) is 31.9 Å². The maximum absolute atomic E-state index is 13.6. The highest BCUT2D eigenvalue weighted by molar-refractivity contribution is 6.35. The van der Waals surface area contributed by atoms with Crippen molar-refractivity contribution in [2.75, 3.05) is 6.61 Å². The maximum Gasteiger partial charge on any atom is 0.261 e. The number of hydrogen-bond acceptors (Lipinski definition) is 3. The fourth-order valence-corrected chi connectivity index (χ4v) is 4.28. The molecule has 1 atom stereocenters. The van der Waals surface area contributed by atoms with Crippen molar-refractivity contribution in [3.63, 3.8) is 0 Å². The van der Waals surface area contributed by atoms with Crippen LogP contribution in [0.25, 0.3) is 0 Å². The van der Waals surface area contributed by atoms with Crippen LogP contribution >= 0.6 is 34.8 Å². The van der Waals surface area contributed by atoms with E-state index in [0.29, 0.717) is 32.8 Å². The minimum atomic E-state index is -0.819. The first-order chi connectivity index (χ1) is 17.0. The highest BCUT2D eigenvalue weighted by Gasteiger charge is 2.33. The summed E-state index contributed by atoms with van der Waals surface area (Å²) in [6.45, 7) is 5.48. The van der Waals surface area contributed by atoms with Crippen LogP contribution in [-0.4, -0.2) is 34.9 Å². The van der Waals surface area contributed by atoms with Crippen molar-refractivity contribution in [2.45, 2.75) is 45.3 Å². The molecule has 0 saturated heterocycles. The molecule has 3 rings (SSSR count). The molecule has 0 saturated carbocycles. The molecule has 0 aromatic heterocycles. The van der Waals surface area contributed by atoms with Gasteiger partial charge in [0.2, 0.25) is 5.91 Å². The third-order valence-corrected chi connectivity index (χ3v) is 6.21. The van der Waals surface area contributed by atoms with Crippen molar-refractivity contribution >= 4 is 46.6 Å². The second-order valence-corrected chi connectivity index (χ2v) is 10.7. The molecule has 0 aliphatic carbocycles. The zero-order valence-corrected chi connectivity index (χ0v) is 22.7. The Morgan fingerprint density at radius 3 is 2.22 bits per heavy atom. The van der Waals surface area contributed by atoms with Gasteiger partial charge in [-0.15, -0.1) is 0 Å². The molecule has 2 amide bonds. The molecule has 3 aromatic rings. The quantitative estimate of drug-likeness (QED) is 0.329. The Labute approximate surface area is 227 Å². The van der Waals surface area contributed by atoms with E-state index >= 15 is 0 Å². The lowest BCUT2D eigenvalue weighted by atomic mass is 10.0. The van der Waals surface area contributed by atoms with Crippen molar-refractivity contribution < 1.29 is 14.3 Å². The normalized spacial score (nSPS) is 12.1. The third-order valence-electron chi connectivity index (χ3n) is 5.31. The van der Waals surface area contributed by atoms with Crippen LogP contribution in [0.2, 0.25) is 15.1 Å². The molecule has 0 fully saturated rings. The summed E-state index contributed by atoms with van der Waals surface area (Å²) in [7, 11) is 0. The number of nitrogens with one attached hydrogen (secondary N) is 1. The van der Waals surface area contributed by atoms with Crippen molar-refractivity contribution in [1.82, 2.24) is 10.2 Å². The van der Waals surface area contributed by atoms with Crippen LogP contribution in [0.5, 0.6) is 5.75 Å². The average Bonchev–Trinajstić information content (AvgIpc) is 2.81. The van der Waals surface area contributed by atoms with E-state index in [9.17, 15) is 9.59 Å². The third kappa shape index (κ3) is 8.16. The summed E-state index contributed by atoms with van der Waals surface area (Å²) < 4.78 is 5.74. The second kappa shape index (κ2) is 12.5. The van der Waals surface area contributed by atoms with E-state index in [1.807, 2.05) is 51.1 Å². The topological polar surface area (TPSA) is 58.6 Å². The lowest BCUT2D eigenvalue weighted by Crippen LogP contribution is -2.55. The fourth-order valence-electron chi connectivity index (χ4n) is 3.62. The zero-order valence-electron chi connectivity index (χ0n) is 20.4. The molecule has 0 aliphatic heterocycles. The Hall–Kier alpha value is -2.73. The van der Waals surface area contributed by atoms with Gasteiger partial charge in [0.05, 0.1) is 5.02 Å². The maximum atomic E-state index is 13.6. The van der Waals surface area contributed by atoms with Gasteiger partial charge in [0.25, 0.3) is 5.91 Å². The summed E-state index contributed by atoms with van der Waals surface area (Å²) in [6.07, 6.45) is 0.311. The molecule has 0 aliphatic rings. The van der Waals surface area contributed by atoms with E-state index in [4.69, 9.17) is 39.5 Å². The molecule has 190 valence electrons. The summed E-state index contributed by atoms with van der Waals surface area (Å²) in [5.41, 5.74) is 1.08. The molecular weight excluding hydrogens is 519 g/mol. The predicted molar refractivity (Wildman–Crippen MR) is 146 cm³/mol. The lowest BCUT2D eigenvalue weighted by Gasteiger charge is -2.34. The minimum absolute atomic E-state index is 0.0930. The van der Waals surface area contributed by atoms with Gasteiger partial charge in [-0.25, -0.2) is 0 Å². The molecule has 1 N–H and O–H groups in total. The van der Waals surface area contributed by atoms with Crippen LogP contribution in [0.3, 0.4) is 0 Å². The SMILES string of the molecule is CC(C)(C)NC(=O)[C@@H](Cc1ccccc1)N(Cc1ccc(Cl)cc1Cl)C(=O)COc1ccccc1Cl. The number of benzene rings is 3. The van der Waals surface area contributed by atoms with Gasteiger partial charge in [-0.2, -0.15) is 0 Å². The van der Waals surface area contributed by atoms with Gasteiger partial charge >= 0.3 is 0 Å². The number of hydrogen-bond donors (Lipinski definition) is 1. The van der Waals surface area contributed by atoms with Gasteiger partial charge in [-0.3, -0.25) is 9.59 Å². The van der Waals surface area contributed by atoms with Gasteiger partial charge in [0, 0.05) is 28.5 Å². The first kappa shape index (κ1) is 27.9. The summed E-state index contributed by atoms with van der Waals surface area (Å²) in [5, 5.41) is 4.30. The van der Waals surface area contributed by atoms with Gasteiger partial charge < -0.3 is 15.0 Å². The molecule has 0 heterocycles. The largest absolute Gasteiger partial charge is 0.482 e. The first-order valence-electron chi connectivity index (χ1n) is 11.5. The Kier molecular flexibility index (Phi) is 9.66. The predicted octanol–water partition coefficient (Wildman–Crippen LogP) is 6.58. The molecule has 0 radical (unpaired) electrons.